The fourth-order valence-electron chi connectivity index (χ4n) is 2.04. The Kier molecular flexibility index (Phi) is 7.04. The molecular formula is C11H20Cl2N2O. The van der Waals surface area contributed by atoms with Crippen LogP contribution in [-0.4, -0.2) is 25.0 Å². The fraction of sp³-hybridized carbons (Fsp3) is 0.727. The van der Waals surface area contributed by atoms with Gasteiger partial charge in [0.1, 0.15) is 0 Å². The second-order valence-corrected chi connectivity index (χ2v) is 4.89. The predicted molar refractivity (Wildman–Crippen MR) is 70.0 cm³/mol. The third-order valence-electron chi connectivity index (χ3n) is 2.78. The number of rotatable bonds is 4. The summed E-state index contributed by atoms with van der Waals surface area (Å²) in [6.45, 7) is 9.08. The molecule has 0 aromatic heterocycles. The predicted octanol–water partition coefficient (Wildman–Crippen LogP) is 1.91. The van der Waals surface area contributed by atoms with E-state index in [0.29, 0.717) is 17.5 Å². The van der Waals surface area contributed by atoms with Gasteiger partial charge in [-0.25, -0.2) is 0 Å². The van der Waals surface area contributed by atoms with Crippen molar-refractivity contribution in [2.75, 3.05) is 13.1 Å². The number of carbonyl (C=O) groups excluding carboxylic acids is 1. The molecule has 94 valence electrons. The van der Waals surface area contributed by atoms with Gasteiger partial charge in [-0.15, -0.1) is 12.4 Å². The van der Waals surface area contributed by atoms with Crippen LogP contribution in [-0.2, 0) is 4.79 Å². The molecule has 1 fully saturated rings. The van der Waals surface area contributed by atoms with E-state index >= 15 is 0 Å². The molecule has 3 nitrogen and oxygen atoms in total. The minimum absolute atomic E-state index is 0. The van der Waals surface area contributed by atoms with E-state index in [1.807, 2.05) is 0 Å². The summed E-state index contributed by atoms with van der Waals surface area (Å²) in [5.41, 5.74) is 0. The summed E-state index contributed by atoms with van der Waals surface area (Å²) < 4.78 is 0. The van der Waals surface area contributed by atoms with Gasteiger partial charge >= 0.3 is 0 Å². The van der Waals surface area contributed by atoms with E-state index in [0.717, 1.165) is 13.0 Å². The van der Waals surface area contributed by atoms with E-state index < -0.39 is 0 Å². The summed E-state index contributed by atoms with van der Waals surface area (Å²) in [5, 5.41) is 6.62. The lowest BCUT2D eigenvalue weighted by Crippen LogP contribution is -2.41. The third-order valence-corrected chi connectivity index (χ3v) is 2.91. The highest BCUT2D eigenvalue weighted by molar-refractivity contribution is 6.29. The van der Waals surface area contributed by atoms with Crippen LogP contribution in [0.1, 0.15) is 20.3 Å². The Hall–Kier alpha value is -0.250. The van der Waals surface area contributed by atoms with Crippen LogP contribution in [0.4, 0.5) is 0 Å². The molecule has 1 aliphatic heterocycles. The molecule has 16 heavy (non-hydrogen) atoms. The van der Waals surface area contributed by atoms with Gasteiger partial charge in [0.2, 0.25) is 5.91 Å². The van der Waals surface area contributed by atoms with Crippen LogP contribution < -0.4 is 10.6 Å². The zero-order valence-electron chi connectivity index (χ0n) is 9.75. The van der Waals surface area contributed by atoms with Gasteiger partial charge in [-0.3, -0.25) is 4.79 Å². The zero-order valence-corrected chi connectivity index (χ0v) is 11.3. The molecular weight excluding hydrogens is 247 g/mol. The minimum Gasteiger partial charge on any atom is -0.351 e. The molecule has 1 saturated heterocycles. The molecule has 1 aliphatic rings. The summed E-state index contributed by atoms with van der Waals surface area (Å²) in [6.07, 6.45) is 0.906. The molecule has 0 bridgehead atoms. The van der Waals surface area contributed by atoms with E-state index in [4.69, 9.17) is 11.6 Å². The fourth-order valence-corrected chi connectivity index (χ4v) is 2.10. The first kappa shape index (κ1) is 15.8. The van der Waals surface area contributed by atoms with Gasteiger partial charge < -0.3 is 10.6 Å². The topological polar surface area (TPSA) is 41.1 Å². The van der Waals surface area contributed by atoms with Crippen LogP contribution in [0.5, 0.6) is 0 Å². The van der Waals surface area contributed by atoms with Gasteiger partial charge in [0.25, 0.3) is 0 Å². The molecule has 0 spiro atoms. The first-order chi connectivity index (χ1) is 7.02. The molecule has 1 heterocycles. The molecule has 1 amide bonds. The highest BCUT2D eigenvalue weighted by atomic mass is 35.5. The largest absolute Gasteiger partial charge is 0.351 e. The van der Waals surface area contributed by atoms with Crippen LogP contribution in [0.15, 0.2) is 11.6 Å². The molecule has 0 aromatic rings. The maximum atomic E-state index is 11.8. The van der Waals surface area contributed by atoms with Crippen LogP contribution >= 0.6 is 24.0 Å². The van der Waals surface area contributed by atoms with Crippen molar-refractivity contribution in [1.82, 2.24) is 10.6 Å². The lowest BCUT2D eigenvalue weighted by molar-refractivity contribution is -0.125. The molecule has 2 atom stereocenters. The average Bonchev–Trinajstić information content (AvgIpc) is 2.62. The Labute approximate surface area is 108 Å². The van der Waals surface area contributed by atoms with Crippen molar-refractivity contribution in [1.29, 1.82) is 0 Å². The van der Waals surface area contributed by atoms with Crippen molar-refractivity contribution in [2.45, 2.75) is 26.3 Å². The smallest absolute Gasteiger partial charge is 0.225 e. The molecule has 2 N–H and O–H groups in total. The molecule has 1 rings (SSSR count). The second kappa shape index (κ2) is 7.15. The quantitative estimate of drug-likeness (QED) is 0.817. The Morgan fingerprint density at radius 1 is 1.62 bits per heavy atom. The van der Waals surface area contributed by atoms with Gasteiger partial charge in [0, 0.05) is 11.1 Å². The van der Waals surface area contributed by atoms with E-state index in [9.17, 15) is 4.79 Å². The summed E-state index contributed by atoms with van der Waals surface area (Å²) in [4.78, 5) is 11.8. The van der Waals surface area contributed by atoms with E-state index in [-0.39, 0.29) is 30.3 Å². The van der Waals surface area contributed by atoms with Crippen molar-refractivity contribution in [3.8, 4) is 0 Å². The van der Waals surface area contributed by atoms with Crippen LogP contribution in [0.3, 0.4) is 0 Å². The Morgan fingerprint density at radius 3 is 2.75 bits per heavy atom. The molecule has 0 saturated carbocycles. The van der Waals surface area contributed by atoms with Gasteiger partial charge in [-0.2, -0.15) is 0 Å². The average molecular weight is 267 g/mol. The van der Waals surface area contributed by atoms with Crippen LogP contribution in [0.2, 0.25) is 0 Å². The van der Waals surface area contributed by atoms with Crippen molar-refractivity contribution in [3.63, 3.8) is 0 Å². The summed E-state index contributed by atoms with van der Waals surface area (Å²) in [7, 11) is 0. The lowest BCUT2D eigenvalue weighted by Gasteiger charge is -2.22. The van der Waals surface area contributed by atoms with Gasteiger partial charge in [-0.1, -0.05) is 32.0 Å². The second-order valence-electron chi connectivity index (χ2n) is 4.35. The summed E-state index contributed by atoms with van der Waals surface area (Å²) >= 11 is 5.60. The SMILES string of the molecule is C=C(Cl)CNC(=O)C1CCNC1C(C)C.Cl. The number of hydrogen-bond acceptors (Lipinski definition) is 2. The number of halogens is 2. The third kappa shape index (κ3) is 4.32. The number of carbonyl (C=O) groups is 1. The summed E-state index contributed by atoms with van der Waals surface area (Å²) in [6, 6.07) is 0.286. The standard InChI is InChI=1S/C11H19ClN2O.ClH/c1-7(2)10-9(4-5-13-10)11(15)14-6-8(3)12;/h7,9-10,13H,3-6H2,1-2H3,(H,14,15);1H. The monoisotopic (exact) mass is 266 g/mol. The minimum atomic E-state index is 0. The van der Waals surface area contributed by atoms with Crippen LogP contribution in [0, 0.1) is 11.8 Å². The van der Waals surface area contributed by atoms with Crippen molar-refractivity contribution >= 4 is 29.9 Å². The lowest BCUT2D eigenvalue weighted by atomic mass is 9.91. The molecule has 0 radical (unpaired) electrons. The van der Waals surface area contributed by atoms with Crippen molar-refractivity contribution in [2.24, 2.45) is 11.8 Å². The van der Waals surface area contributed by atoms with Crippen molar-refractivity contribution in [3.05, 3.63) is 11.6 Å². The Balaban J connectivity index is 0.00000225. The normalized spacial score (nSPS) is 24.0. The number of amides is 1. The Morgan fingerprint density at radius 2 is 2.25 bits per heavy atom. The van der Waals surface area contributed by atoms with Crippen molar-refractivity contribution < 1.29 is 4.79 Å². The molecule has 0 aromatic carbocycles. The maximum Gasteiger partial charge on any atom is 0.225 e. The zero-order chi connectivity index (χ0) is 11.4. The maximum absolute atomic E-state index is 11.8. The van der Waals surface area contributed by atoms with E-state index in [1.165, 1.54) is 0 Å². The molecule has 2 unspecified atom stereocenters. The number of hydrogen-bond donors (Lipinski definition) is 2. The van der Waals surface area contributed by atoms with Crippen LogP contribution in [0.25, 0.3) is 0 Å². The highest BCUT2D eigenvalue weighted by Gasteiger charge is 2.34. The number of nitrogens with one attached hydrogen (secondary N) is 2. The van der Waals surface area contributed by atoms with E-state index in [2.05, 4.69) is 31.1 Å². The highest BCUT2D eigenvalue weighted by Crippen LogP contribution is 2.21. The summed E-state index contributed by atoms with van der Waals surface area (Å²) in [5.74, 6) is 0.629. The molecule has 5 heteroatoms. The van der Waals surface area contributed by atoms with Gasteiger partial charge in [0.05, 0.1) is 12.5 Å². The first-order valence-corrected chi connectivity index (χ1v) is 5.74. The van der Waals surface area contributed by atoms with Gasteiger partial charge in [-0.05, 0) is 18.9 Å². The van der Waals surface area contributed by atoms with Gasteiger partial charge in [0.15, 0.2) is 0 Å². The Bertz CT molecular complexity index is 256. The first-order valence-electron chi connectivity index (χ1n) is 5.36. The molecule has 0 aliphatic carbocycles. The van der Waals surface area contributed by atoms with E-state index in [1.54, 1.807) is 0 Å².